The predicted molar refractivity (Wildman–Crippen MR) is 65.7 cm³/mol. The second-order valence-electron chi connectivity index (χ2n) is 5.52. The molecule has 0 saturated heterocycles. The van der Waals surface area contributed by atoms with Gasteiger partial charge in [0, 0.05) is 0 Å². The summed E-state index contributed by atoms with van der Waals surface area (Å²) in [7, 11) is 0. The third-order valence-electron chi connectivity index (χ3n) is 3.34. The molecule has 1 aliphatic rings. The summed E-state index contributed by atoms with van der Waals surface area (Å²) >= 11 is 0. The van der Waals surface area contributed by atoms with E-state index in [9.17, 15) is 5.11 Å². The Labute approximate surface area is 98.3 Å². The fourth-order valence-corrected chi connectivity index (χ4v) is 2.29. The maximum Gasteiger partial charge on any atom is 0.167 e. The van der Waals surface area contributed by atoms with Crippen LogP contribution in [-0.2, 0) is 0 Å². The van der Waals surface area contributed by atoms with E-state index in [2.05, 4.69) is 20.8 Å². The van der Waals surface area contributed by atoms with Crippen molar-refractivity contribution in [2.24, 2.45) is 5.41 Å². The smallest absolute Gasteiger partial charge is 0.167 e. The molecular formula is C14H21NO. The van der Waals surface area contributed by atoms with E-state index < -0.39 is 5.60 Å². The Morgan fingerprint density at radius 1 is 1.50 bits per heavy atom. The SMILES string of the molecule is CC1=C(/C=C/C(C)(O)C#N)C(C)(C)CCC1. The molecule has 88 valence electrons. The zero-order valence-electron chi connectivity index (χ0n) is 10.7. The molecule has 2 nitrogen and oxygen atoms in total. The van der Waals surface area contributed by atoms with Crippen LogP contribution in [0.15, 0.2) is 23.3 Å². The van der Waals surface area contributed by atoms with Gasteiger partial charge in [-0.2, -0.15) is 5.26 Å². The average molecular weight is 219 g/mol. The summed E-state index contributed by atoms with van der Waals surface area (Å²) in [4.78, 5) is 0. The van der Waals surface area contributed by atoms with Gasteiger partial charge >= 0.3 is 0 Å². The number of hydrogen-bond donors (Lipinski definition) is 1. The van der Waals surface area contributed by atoms with Crippen LogP contribution in [0.25, 0.3) is 0 Å². The summed E-state index contributed by atoms with van der Waals surface area (Å²) in [6, 6.07) is 1.87. The molecule has 0 fully saturated rings. The molecule has 1 atom stereocenters. The highest BCUT2D eigenvalue weighted by Crippen LogP contribution is 2.40. The van der Waals surface area contributed by atoms with Crippen LogP contribution in [0.4, 0.5) is 0 Å². The van der Waals surface area contributed by atoms with Crippen LogP contribution in [0.1, 0.15) is 47.0 Å². The first kappa shape index (κ1) is 13.0. The van der Waals surface area contributed by atoms with Crippen molar-refractivity contribution >= 4 is 0 Å². The summed E-state index contributed by atoms with van der Waals surface area (Å²) in [6.45, 7) is 8.09. The topological polar surface area (TPSA) is 44.0 Å². The van der Waals surface area contributed by atoms with Crippen LogP contribution >= 0.6 is 0 Å². The van der Waals surface area contributed by atoms with E-state index in [1.807, 2.05) is 12.1 Å². The first-order valence-corrected chi connectivity index (χ1v) is 5.82. The Morgan fingerprint density at radius 2 is 2.12 bits per heavy atom. The van der Waals surface area contributed by atoms with E-state index in [-0.39, 0.29) is 5.41 Å². The first-order chi connectivity index (χ1) is 7.28. The van der Waals surface area contributed by atoms with E-state index in [1.54, 1.807) is 6.08 Å². The number of allylic oxidation sites excluding steroid dienone is 3. The molecule has 16 heavy (non-hydrogen) atoms. The molecule has 0 aromatic carbocycles. The van der Waals surface area contributed by atoms with Crippen molar-refractivity contribution in [1.82, 2.24) is 0 Å². The third kappa shape index (κ3) is 2.96. The quantitative estimate of drug-likeness (QED) is 0.724. The normalized spacial score (nSPS) is 24.2. The molecule has 1 rings (SSSR count). The third-order valence-corrected chi connectivity index (χ3v) is 3.34. The van der Waals surface area contributed by atoms with E-state index in [0.717, 1.165) is 6.42 Å². The molecule has 0 heterocycles. The average Bonchev–Trinajstić information content (AvgIpc) is 2.16. The number of rotatable bonds is 2. The molecule has 0 bridgehead atoms. The van der Waals surface area contributed by atoms with Gasteiger partial charge in [-0.1, -0.05) is 25.5 Å². The summed E-state index contributed by atoms with van der Waals surface area (Å²) in [5.74, 6) is 0. The van der Waals surface area contributed by atoms with Crippen LogP contribution in [0.5, 0.6) is 0 Å². The Balaban J connectivity index is 3.00. The summed E-state index contributed by atoms with van der Waals surface area (Å²) < 4.78 is 0. The molecule has 1 unspecified atom stereocenters. The predicted octanol–water partition coefficient (Wildman–Crippen LogP) is 3.34. The van der Waals surface area contributed by atoms with Crippen molar-refractivity contribution in [1.29, 1.82) is 5.26 Å². The molecule has 0 radical (unpaired) electrons. The van der Waals surface area contributed by atoms with Gasteiger partial charge in [-0.15, -0.1) is 0 Å². The Hall–Kier alpha value is -1.07. The van der Waals surface area contributed by atoms with Gasteiger partial charge in [-0.3, -0.25) is 0 Å². The fourth-order valence-electron chi connectivity index (χ4n) is 2.29. The number of hydrogen-bond acceptors (Lipinski definition) is 2. The molecule has 2 heteroatoms. The van der Waals surface area contributed by atoms with Crippen LogP contribution in [0.3, 0.4) is 0 Å². The lowest BCUT2D eigenvalue weighted by molar-refractivity contribution is 0.171. The Bertz CT molecular complexity index is 367. The van der Waals surface area contributed by atoms with Crippen LogP contribution in [-0.4, -0.2) is 10.7 Å². The summed E-state index contributed by atoms with van der Waals surface area (Å²) in [6.07, 6.45) is 7.04. The highest BCUT2D eigenvalue weighted by Gasteiger charge is 2.27. The summed E-state index contributed by atoms with van der Waals surface area (Å²) in [5, 5.41) is 18.4. The van der Waals surface area contributed by atoms with E-state index in [1.165, 1.54) is 30.9 Å². The van der Waals surface area contributed by atoms with Gasteiger partial charge in [-0.05, 0) is 50.2 Å². The van der Waals surface area contributed by atoms with Crippen LogP contribution in [0.2, 0.25) is 0 Å². The van der Waals surface area contributed by atoms with Gasteiger partial charge in [-0.25, -0.2) is 0 Å². The minimum atomic E-state index is -1.36. The Morgan fingerprint density at radius 3 is 2.62 bits per heavy atom. The summed E-state index contributed by atoms with van der Waals surface area (Å²) in [5.41, 5.74) is 1.45. The molecule has 0 aromatic rings. The number of nitrogens with zero attached hydrogens (tertiary/aromatic N) is 1. The molecule has 0 aromatic heterocycles. The van der Waals surface area contributed by atoms with Crippen LogP contribution in [0, 0.1) is 16.7 Å². The van der Waals surface area contributed by atoms with Gasteiger partial charge in [0.1, 0.15) is 6.07 Å². The monoisotopic (exact) mass is 219 g/mol. The largest absolute Gasteiger partial charge is 0.372 e. The van der Waals surface area contributed by atoms with Crippen molar-refractivity contribution in [2.75, 3.05) is 0 Å². The second kappa shape index (κ2) is 4.43. The van der Waals surface area contributed by atoms with Gasteiger partial charge in [0.25, 0.3) is 0 Å². The van der Waals surface area contributed by atoms with Crippen molar-refractivity contribution < 1.29 is 5.11 Å². The lowest BCUT2D eigenvalue weighted by Crippen LogP contribution is -2.21. The highest BCUT2D eigenvalue weighted by atomic mass is 16.3. The number of aliphatic hydroxyl groups is 1. The minimum absolute atomic E-state index is 0.157. The molecule has 1 aliphatic carbocycles. The zero-order chi connectivity index (χ0) is 12.4. The van der Waals surface area contributed by atoms with E-state index in [4.69, 9.17) is 5.26 Å². The van der Waals surface area contributed by atoms with Gasteiger partial charge in [0.15, 0.2) is 5.60 Å². The molecule has 0 spiro atoms. The molecule has 1 N–H and O–H groups in total. The van der Waals surface area contributed by atoms with Gasteiger partial charge in [0.2, 0.25) is 0 Å². The van der Waals surface area contributed by atoms with Crippen molar-refractivity contribution in [3.8, 4) is 6.07 Å². The van der Waals surface area contributed by atoms with E-state index in [0.29, 0.717) is 0 Å². The van der Waals surface area contributed by atoms with Crippen LogP contribution < -0.4 is 0 Å². The van der Waals surface area contributed by atoms with Gasteiger partial charge < -0.3 is 5.11 Å². The lowest BCUT2D eigenvalue weighted by Gasteiger charge is -2.33. The van der Waals surface area contributed by atoms with Crippen molar-refractivity contribution in [3.63, 3.8) is 0 Å². The first-order valence-electron chi connectivity index (χ1n) is 5.82. The van der Waals surface area contributed by atoms with Crippen molar-refractivity contribution in [2.45, 2.75) is 52.6 Å². The molecule has 0 aliphatic heterocycles. The standard InChI is InChI=1S/C14H21NO/c1-11-6-5-8-13(2,3)12(11)7-9-14(4,16)10-15/h7,9,16H,5-6,8H2,1-4H3/b9-7+. The molecule has 0 saturated carbocycles. The Kier molecular flexibility index (Phi) is 3.60. The van der Waals surface area contributed by atoms with E-state index >= 15 is 0 Å². The highest BCUT2D eigenvalue weighted by molar-refractivity contribution is 5.34. The second-order valence-corrected chi connectivity index (χ2v) is 5.52. The molecule has 0 amide bonds. The lowest BCUT2D eigenvalue weighted by atomic mass is 9.72. The van der Waals surface area contributed by atoms with Crippen molar-refractivity contribution in [3.05, 3.63) is 23.3 Å². The maximum absolute atomic E-state index is 9.64. The maximum atomic E-state index is 9.64. The zero-order valence-corrected chi connectivity index (χ0v) is 10.7. The number of nitriles is 1. The molecular weight excluding hydrogens is 198 g/mol. The minimum Gasteiger partial charge on any atom is -0.372 e. The fraction of sp³-hybridized carbons (Fsp3) is 0.643. The van der Waals surface area contributed by atoms with Gasteiger partial charge in [0.05, 0.1) is 0 Å².